The Labute approximate surface area is 164 Å². The average Bonchev–Trinajstić information content (AvgIpc) is 2.65. The Morgan fingerprint density at radius 3 is 2.25 bits per heavy atom. The lowest BCUT2D eigenvalue weighted by molar-refractivity contribution is 0.0697. The maximum Gasteiger partial charge on any atom is 0.335 e. The van der Waals surface area contributed by atoms with Crippen molar-refractivity contribution in [2.45, 2.75) is 24.8 Å². The van der Waals surface area contributed by atoms with Crippen molar-refractivity contribution in [3.05, 3.63) is 54.1 Å². The fourth-order valence-corrected chi connectivity index (χ4v) is 3.55. The Morgan fingerprint density at radius 2 is 1.71 bits per heavy atom. The fraction of sp³-hybridized carbons (Fsp3) is 0.238. The van der Waals surface area contributed by atoms with Gasteiger partial charge in [0.05, 0.1) is 27.4 Å². The van der Waals surface area contributed by atoms with Gasteiger partial charge in [-0.2, -0.15) is 0 Å². The van der Waals surface area contributed by atoms with E-state index in [0.717, 1.165) is 16.6 Å². The largest absolute Gasteiger partial charge is 0.478 e. The quantitative estimate of drug-likeness (QED) is 0.702. The van der Waals surface area contributed by atoms with Crippen LogP contribution in [0.2, 0.25) is 0 Å². The molecule has 0 saturated heterocycles. The third-order valence-electron chi connectivity index (χ3n) is 4.75. The molecule has 7 heteroatoms. The van der Waals surface area contributed by atoms with Crippen molar-refractivity contribution in [3.63, 3.8) is 0 Å². The zero-order valence-electron chi connectivity index (χ0n) is 16.2. The van der Waals surface area contributed by atoms with E-state index in [4.69, 9.17) is 4.98 Å². The molecule has 0 aliphatic heterocycles. The predicted octanol–water partition coefficient (Wildman–Crippen LogP) is 3.85. The van der Waals surface area contributed by atoms with Gasteiger partial charge in [0.1, 0.15) is 0 Å². The van der Waals surface area contributed by atoms with Gasteiger partial charge in [-0.3, -0.25) is 0 Å². The van der Waals surface area contributed by atoms with Crippen LogP contribution in [-0.4, -0.2) is 43.8 Å². The van der Waals surface area contributed by atoms with Crippen molar-refractivity contribution in [2.24, 2.45) is 0 Å². The number of hydrogen-bond donors (Lipinski definition) is 1. The molecule has 0 unspecified atom stereocenters. The highest BCUT2D eigenvalue weighted by Gasteiger charge is 2.17. The van der Waals surface area contributed by atoms with Crippen LogP contribution >= 0.6 is 0 Å². The molecule has 0 radical (unpaired) electrons. The van der Waals surface area contributed by atoms with Crippen molar-refractivity contribution in [1.29, 1.82) is 0 Å². The molecule has 0 fully saturated rings. The van der Waals surface area contributed by atoms with E-state index < -0.39 is 15.8 Å². The topological polar surface area (TPSA) is 87.6 Å². The van der Waals surface area contributed by atoms with E-state index in [1.54, 1.807) is 36.4 Å². The van der Waals surface area contributed by atoms with Gasteiger partial charge < -0.3 is 10.0 Å². The van der Waals surface area contributed by atoms with Gasteiger partial charge in [0.25, 0.3) is 0 Å². The van der Waals surface area contributed by atoms with Gasteiger partial charge in [0.15, 0.2) is 9.84 Å². The Bertz CT molecular complexity index is 1150. The number of anilines is 1. The maximum atomic E-state index is 11.7. The first-order chi connectivity index (χ1) is 13.1. The van der Waals surface area contributed by atoms with Crippen LogP contribution in [0.4, 0.5) is 5.69 Å². The molecular formula is C21H22N2O4S. The minimum Gasteiger partial charge on any atom is -0.478 e. The van der Waals surface area contributed by atoms with Crippen molar-refractivity contribution in [3.8, 4) is 11.3 Å². The molecule has 0 spiro atoms. The average molecular weight is 398 g/mol. The number of aromatic carboxylic acids is 1. The minimum atomic E-state index is -3.28. The number of carboxylic acid groups (broad SMARTS) is 1. The van der Waals surface area contributed by atoms with Gasteiger partial charge >= 0.3 is 5.97 Å². The third kappa shape index (κ3) is 3.84. The number of nitrogens with zero attached hydrogens (tertiary/aromatic N) is 2. The van der Waals surface area contributed by atoms with Crippen LogP contribution < -0.4 is 4.90 Å². The molecule has 0 saturated carbocycles. The normalized spacial score (nSPS) is 11.8. The van der Waals surface area contributed by atoms with Crippen LogP contribution in [0, 0.1) is 0 Å². The Hall–Kier alpha value is -2.93. The molecule has 0 aliphatic rings. The summed E-state index contributed by atoms with van der Waals surface area (Å²) in [6.07, 6.45) is 1.17. The maximum absolute atomic E-state index is 11.7. The first-order valence-electron chi connectivity index (χ1n) is 8.79. The van der Waals surface area contributed by atoms with Crippen molar-refractivity contribution >= 4 is 32.4 Å². The molecule has 2 aromatic carbocycles. The van der Waals surface area contributed by atoms with Crippen molar-refractivity contribution in [2.75, 3.05) is 18.2 Å². The number of pyridine rings is 1. The van der Waals surface area contributed by atoms with Crippen LogP contribution in [0.5, 0.6) is 0 Å². The minimum absolute atomic E-state index is 0.191. The van der Waals surface area contributed by atoms with Crippen LogP contribution in [0.25, 0.3) is 22.2 Å². The zero-order chi connectivity index (χ0) is 20.6. The van der Waals surface area contributed by atoms with Crippen LogP contribution in [0.1, 0.15) is 24.2 Å². The van der Waals surface area contributed by atoms with Gasteiger partial charge in [-0.15, -0.1) is 0 Å². The molecule has 146 valence electrons. The predicted molar refractivity (Wildman–Crippen MR) is 111 cm³/mol. The third-order valence-corrected chi connectivity index (χ3v) is 5.88. The SMILES string of the molecule is CC(C)N(C)c1cc2cc(C(=O)O)ccc2nc1-c1ccc(S(C)(=O)=O)cc1. The molecule has 0 amide bonds. The molecule has 28 heavy (non-hydrogen) atoms. The number of rotatable bonds is 5. The summed E-state index contributed by atoms with van der Waals surface area (Å²) in [5.41, 5.74) is 3.23. The van der Waals surface area contributed by atoms with Gasteiger partial charge in [-0.25, -0.2) is 18.2 Å². The Morgan fingerprint density at radius 1 is 1.07 bits per heavy atom. The Balaban J connectivity index is 2.23. The fourth-order valence-electron chi connectivity index (χ4n) is 2.92. The molecule has 0 atom stereocenters. The van der Waals surface area contributed by atoms with Gasteiger partial charge in [-0.1, -0.05) is 12.1 Å². The molecule has 1 aromatic heterocycles. The number of hydrogen-bond acceptors (Lipinski definition) is 5. The van der Waals surface area contributed by atoms with Gasteiger partial charge in [-0.05, 0) is 50.2 Å². The number of sulfone groups is 1. The Kier molecular flexibility index (Phi) is 5.12. The second kappa shape index (κ2) is 7.24. The molecule has 1 heterocycles. The second-order valence-corrected chi connectivity index (χ2v) is 9.09. The lowest BCUT2D eigenvalue weighted by Crippen LogP contribution is -2.26. The first kappa shape index (κ1) is 19.8. The molecule has 6 nitrogen and oxygen atoms in total. The summed E-state index contributed by atoms with van der Waals surface area (Å²) < 4.78 is 23.5. The summed E-state index contributed by atoms with van der Waals surface area (Å²) in [7, 11) is -1.33. The number of fused-ring (bicyclic) bond motifs is 1. The first-order valence-corrected chi connectivity index (χ1v) is 10.7. The number of benzene rings is 2. The summed E-state index contributed by atoms with van der Waals surface area (Å²) >= 11 is 0. The lowest BCUT2D eigenvalue weighted by atomic mass is 10.0. The second-order valence-electron chi connectivity index (χ2n) is 7.07. The highest BCUT2D eigenvalue weighted by Crippen LogP contribution is 2.33. The summed E-state index contributed by atoms with van der Waals surface area (Å²) in [5.74, 6) is -0.985. The summed E-state index contributed by atoms with van der Waals surface area (Å²) in [5, 5.41) is 9.99. The number of aromatic nitrogens is 1. The van der Waals surface area contributed by atoms with E-state index in [0.29, 0.717) is 11.2 Å². The molecule has 3 rings (SSSR count). The highest BCUT2D eigenvalue weighted by atomic mass is 32.2. The summed E-state index contributed by atoms with van der Waals surface area (Å²) in [6.45, 7) is 4.10. The smallest absolute Gasteiger partial charge is 0.335 e. The van der Waals surface area contributed by atoms with Gasteiger partial charge in [0.2, 0.25) is 0 Å². The van der Waals surface area contributed by atoms with Crippen molar-refractivity contribution < 1.29 is 18.3 Å². The van der Waals surface area contributed by atoms with E-state index in [9.17, 15) is 18.3 Å². The molecular weight excluding hydrogens is 376 g/mol. The van der Waals surface area contributed by atoms with E-state index in [2.05, 4.69) is 18.7 Å². The molecule has 1 N–H and O–H groups in total. The van der Waals surface area contributed by atoms with Crippen LogP contribution in [-0.2, 0) is 9.84 Å². The summed E-state index contributed by atoms with van der Waals surface area (Å²) in [4.78, 5) is 18.4. The monoisotopic (exact) mass is 398 g/mol. The van der Waals surface area contributed by atoms with E-state index >= 15 is 0 Å². The molecule has 0 bridgehead atoms. The molecule has 3 aromatic rings. The molecule has 0 aliphatic carbocycles. The summed E-state index contributed by atoms with van der Waals surface area (Å²) in [6, 6.07) is 13.6. The van der Waals surface area contributed by atoms with E-state index in [-0.39, 0.29) is 16.5 Å². The number of carbonyl (C=O) groups is 1. The van der Waals surface area contributed by atoms with Crippen LogP contribution in [0.15, 0.2) is 53.4 Å². The van der Waals surface area contributed by atoms with Gasteiger partial charge in [0, 0.05) is 30.3 Å². The number of carboxylic acids is 1. The lowest BCUT2D eigenvalue weighted by Gasteiger charge is -2.26. The standard InChI is InChI=1S/C21H22N2O4S/c1-13(2)23(3)19-12-16-11-15(21(24)25)7-10-18(16)22-20(19)14-5-8-17(9-6-14)28(4,26)27/h5-13H,1-4H3,(H,24,25). The van der Waals surface area contributed by atoms with Crippen LogP contribution in [0.3, 0.4) is 0 Å². The highest BCUT2D eigenvalue weighted by molar-refractivity contribution is 7.90. The zero-order valence-corrected chi connectivity index (χ0v) is 17.0. The van der Waals surface area contributed by atoms with E-state index in [1.165, 1.54) is 12.3 Å². The van der Waals surface area contributed by atoms with E-state index in [1.807, 2.05) is 13.1 Å². The van der Waals surface area contributed by atoms with Crippen molar-refractivity contribution in [1.82, 2.24) is 4.98 Å².